The number of hydrogen-bond donors (Lipinski definition) is 8. The van der Waals surface area contributed by atoms with Crippen molar-refractivity contribution in [3.63, 3.8) is 0 Å². The normalized spacial score (nSPS) is 18.9. The van der Waals surface area contributed by atoms with Crippen LogP contribution in [0.3, 0.4) is 0 Å². The molecule has 16 heteroatoms. The van der Waals surface area contributed by atoms with Crippen molar-refractivity contribution in [3.05, 3.63) is 0 Å². The van der Waals surface area contributed by atoms with E-state index in [1.165, 1.54) is 0 Å². The maximum absolute atomic E-state index is 9.76. The third kappa shape index (κ3) is 25.5. The fourth-order valence-corrected chi connectivity index (χ4v) is 3.94. The first kappa shape index (κ1) is 45.9. The van der Waals surface area contributed by atoms with E-state index in [1.54, 1.807) is 0 Å². The molecule has 0 amide bonds. The highest BCUT2D eigenvalue weighted by Gasteiger charge is 2.34. The maximum atomic E-state index is 9.76. The zero-order valence-electron chi connectivity index (χ0n) is 27.3. The van der Waals surface area contributed by atoms with Crippen LogP contribution in [0.15, 0.2) is 0 Å². The first-order valence-corrected chi connectivity index (χ1v) is 17.9. The number of rotatable bonds is 32. The average molecular weight is 729 g/mol. The molecule has 45 heavy (non-hydrogen) atoms. The summed E-state index contributed by atoms with van der Waals surface area (Å²) in [6.45, 7) is 9.81. The topological polar surface area (TPSA) is 155 Å². The molecular formula is C29H60O12S4. The summed E-state index contributed by atoms with van der Waals surface area (Å²) >= 11 is 16.3. The van der Waals surface area contributed by atoms with Gasteiger partial charge in [0.25, 0.3) is 0 Å². The first-order chi connectivity index (χ1) is 21.4. The number of ether oxygens (including phenoxy) is 8. The van der Waals surface area contributed by atoms with Gasteiger partial charge in [-0.3, -0.25) is 0 Å². The van der Waals surface area contributed by atoms with Crippen molar-refractivity contribution in [2.24, 2.45) is 5.41 Å². The molecule has 0 aliphatic carbocycles. The van der Waals surface area contributed by atoms with Crippen LogP contribution in [-0.4, -0.2) is 172 Å². The highest BCUT2D eigenvalue weighted by molar-refractivity contribution is 7.80. The molecule has 0 fully saturated rings. The van der Waals surface area contributed by atoms with Crippen LogP contribution in [0.4, 0.5) is 0 Å². The van der Waals surface area contributed by atoms with E-state index in [0.29, 0.717) is 23.0 Å². The van der Waals surface area contributed by atoms with Crippen LogP contribution in [0, 0.1) is 5.41 Å². The Morgan fingerprint density at radius 3 is 0.778 bits per heavy atom. The lowest BCUT2D eigenvalue weighted by molar-refractivity contribution is -0.142. The second-order valence-corrected chi connectivity index (χ2v) is 12.9. The summed E-state index contributed by atoms with van der Waals surface area (Å²) < 4.78 is 47.1. The van der Waals surface area contributed by atoms with Gasteiger partial charge in [-0.15, -0.1) is 0 Å². The Bertz CT molecular complexity index is 565. The third-order valence-corrected chi connectivity index (χ3v) is 7.86. The van der Waals surface area contributed by atoms with E-state index in [4.69, 9.17) is 37.9 Å². The molecule has 0 rings (SSSR count). The number of aliphatic hydroxyl groups excluding tert-OH is 4. The van der Waals surface area contributed by atoms with Gasteiger partial charge in [0.1, 0.15) is 0 Å². The largest absolute Gasteiger partial charge is 0.390 e. The summed E-state index contributed by atoms with van der Waals surface area (Å²) in [5.41, 5.74) is -0.761. The van der Waals surface area contributed by atoms with Crippen molar-refractivity contribution in [1.82, 2.24) is 0 Å². The van der Waals surface area contributed by atoms with E-state index >= 15 is 0 Å². The third-order valence-electron chi connectivity index (χ3n) is 6.18. The Balaban J connectivity index is 5.51. The van der Waals surface area contributed by atoms with Gasteiger partial charge in [-0.1, -0.05) is 0 Å². The lowest BCUT2D eigenvalue weighted by Crippen LogP contribution is -2.44. The molecule has 0 saturated heterocycles. The van der Waals surface area contributed by atoms with E-state index in [9.17, 15) is 20.4 Å². The molecule has 8 atom stereocenters. The lowest BCUT2D eigenvalue weighted by Gasteiger charge is -2.34. The molecule has 0 heterocycles. The molecule has 8 unspecified atom stereocenters. The van der Waals surface area contributed by atoms with Gasteiger partial charge >= 0.3 is 0 Å². The molecule has 0 aromatic carbocycles. The van der Waals surface area contributed by atoms with Crippen LogP contribution in [0.1, 0.15) is 27.7 Å². The minimum Gasteiger partial charge on any atom is -0.390 e. The highest BCUT2D eigenvalue weighted by atomic mass is 32.1. The molecule has 0 spiro atoms. The van der Waals surface area contributed by atoms with E-state index in [0.717, 1.165) is 0 Å². The molecule has 0 aromatic heterocycles. The van der Waals surface area contributed by atoms with Gasteiger partial charge in [0.05, 0.1) is 134 Å². The average Bonchev–Trinajstić information content (AvgIpc) is 3.03. The van der Waals surface area contributed by atoms with Gasteiger partial charge in [-0.25, -0.2) is 0 Å². The van der Waals surface area contributed by atoms with E-state index in [-0.39, 0.29) is 104 Å². The molecule has 4 N–H and O–H groups in total. The molecule has 0 aliphatic heterocycles. The molecule has 0 aromatic rings. The van der Waals surface area contributed by atoms with Crippen molar-refractivity contribution in [1.29, 1.82) is 0 Å². The summed E-state index contributed by atoms with van der Waals surface area (Å²) in [6.07, 6.45) is -3.82. The first-order valence-electron chi connectivity index (χ1n) is 15.3. The molecule has 272 valence electrons. The predicted molar refractivity (Wildman–Crippen MR) is 187 cm³/mol. The van der Waals surface area contributed by atoms with E-state index in [1.807, 2.05) is 27.7 Å². The standard InChI is InChI=1S/C29H60O12S4/c1-21(38-9-25(30)13-42)5-34-17-29(18-35-6-22(2)39-10-26(31)14-43,19-36-7-23(3)40-11-27(32)15-44)20-37-8-24(4)41-12-28(33)16-45/h21-28,30-33,42-45H,5-20H2,1-4H3. The Morgan fingerprint density at radius 2 is 0.600 bits per heavy atom. The minimum absolute atomic E-state index is 0.147. The Labute approximate surface area is 292 Å². The van der Waals surface area contributed by atoms with Crippen LogP contribution in [0.25, 0.3) is 0 Å². The summed E-state index contributed by atoms with van der Waals surface area (Å²) in [6, 6.07) is 0. The quantitative estimate of drug-likeness (QED) is 0.0463. The van der Waals surface area contributed by atoms with Gasteiger partial charge in [0, 0.05) is 23.0 Å². The summed E-state index contributed by atoms with van der Waals surface area (Å²) in [5.74, 6) is 1.18. The van der Waals surface area contributed by atoms with Crippen LogP contribution in [0.2, 0.25) is 0 Å². The van der Waals surface area contributed by atoms with Crippen molar-refractivity contribution in [3.8, 4) is 0 Å². The fourth-order valence-electron chi connectivity index (χ4n) is 3.52. The zero-order valence-corrected chi connectivity index (χ0v) is 30.9. The van der Waals surface area contributed by atoms with E-state index < -0.39 is 29.8 Å². The molecule has 0 radical (unpaired) electrons. The Hall–Kier alpha value is 0.920. The molecule has 0 bridgehead atoms. The van der Waals surface area contributed by atoms with Crippen molar-refractivity contribution in [2.75, 3.05) is 102 Å². The monoisotopic (exact) mass is 728 g/mol. The second kappa shape index (κ2) is 28.7. The summed E-state index contributed by atoms with van der Waals surface area (Å²) in [5, 5.41) is 39.0. The van der Waals surface area contributed by atoms with Crippen molar-refractivity contribution >= 4 is 50.5 Å². The second-order valence-electron chi connectivity index (χ2n) is 11.5. The number of thiol groups is 4. The molecule has 12 nitrogen and oxygen atoms in total. The van der Waals surface area contributed by atoms with Gasteiger partial charge < -0.3 is 58.3 Å². The summed E-state index contributed by atoms with van der Waals surface area (Å²) in [7, 11) is 0. The predicted octanol–water partition coefficient (Wildman–Crippen LogP) is 0.822. The van der Waals surface area contributed by atoms with Crippen LogP contribution >= 0.6 is 50.5 Å². The lowest BCUT2D eigenvalue weighted by atomic mass is 9.92. The van der Waals surface area contributed by atoms with Crippen molar-refractivity contribution in [2.45, 2.75) is 76.5 Å². The van der Waals surface area contributed by atoms with Crippen LogP contribution in [-0.2, 0) is 37.9 Å². The smallest absolute Gasteiger partial charge is 0.0861 e. The van der Waals surface area contributed by atoms with Crippen LogP contribution < -0.4 is 0 Å². The van der Waals surface area contributed by atoms with Gasteiger partial charge in [0.2, 0.25) is 0 Å². The molecular weight excluding hydrogens is 669 g/mol. The fraction of sp³-hybridized carbons (Fsp3) is 1.00. The minimum atomic E-state index is -0.761. The summed E-state index contributed by atoms with van der Waals surface area (Å²) in [4.78, 5) is 0. The van der Waals surface area contributed by atoms with E-state index in [2.05, 4.69) is 50.5 Å². The SMILES string of the molecule is CC(COCC(COCC(C)OCC(O)CS)(COCC(C)OCC(O)CS)COCC(C)OCC(O)CS)OCC(O)CS. The van der Waals surface area contributed by atoms with Crippen molar-refractivity contribution < 1.29 is 58.3 Å². The number of hydrogen-bond acceptors (Lipinski definition) is 16. The van der Waals surface area contributed by atoms with Gasteiger partial charge in [0.15, 0.2) is 0 Å². The van der Waals surface area contributed by atoms with Gasteiger partial charge in [-0.05, 0) is 27.7 Å². The Morgan fingerprint density at radius 1 is 0.400 bits per heavy atom. The Kier molecular flexibility index (Phi) is 29.3. The molecule has 0 saturated carbocycles. The number of aliphatic hydroxyl groups is 4. The zero-order chi connectivity index (χ0) is 34.1. The van der Waals surface area contributed by atoms with Crippen LogP contribution in [0.5, 0.6) is 0 Å². The highest BCUT2D eigenvalue weighted by Crippen LogP contribution is 2.22. The maximum Gasteiger partial charge on any atom is 0.0861 e. The molecule has 0 aliphatic rings. The van der Waals surface area contributed by atoms with Gasteiger partial charge in [-0.2, -0.15) is 50.5 Å².